The van der Waals surface area contributed by atoms with Gasteiger partial charge in [-0.3, -0.25) is 14.7 Å². The van der Waals surface area contributed by atoms with Crippen molar-refractivity contribution in [2.24, 2.45) is 4.99 Å². The molecule has 1 amide bonds. The molecule has 1 atom stereocenters. The Morgan fingerprint density at radius 2 is 1.72 bits per heavy atom. The van der Waals surface area contributed by atoms with E-state index in [0.717, 1.165) is 40.3 Å². The summed E-state index contributed by atoms with van der Waals surface area (Å²) in [5.41, 5.74) is 6.97. The molecule has 0 saturated carbocycles. The molecular formula is C28H29N3O. The molecule has 1 fully saturated rings. The Hall–Kier alpha value is -3.24. The first-order valence-corrected chi connectivity index (χ1v) is 11.5. The number of carbonyl (C=O) groups excluding carboxylic acids is 1. The van der Waals surface area contributed by atoms with Gasteiger partial charge in [-0.1, -0.05) is 66.6 Å². The number of amides is 1. The predicted octanol–water partition coefficient (Wildman–Crippen LogP) is 5.84. The summed E-state index contributed by atoms with van der Waals surface area (Å²) in [6, 6.07) is 24.6. The number of hydrogen-bond acceptors (Lipinski definition) is 3. The van der Waals surface area contributed by atoms with Gasteiger partial charge < -0.3 is 5.32 Å². The Kier molecular flexibility index (Phi) is 5.87. The number of rotatable bonds is 5. The van der Waals surface area contributed by atoms with Gasteiger partial charge in [0, 0.05) is 12.2 Å². The number of nitrogens with zero attached hydrogens (tertiary/aromatic N) is 2. The van der Waals surface area contributed by atoms with Gasteiger partial charge in [-0.15, -0.1) is 0 Å². The summed E-state index contributed by atoms with van der Waals surface area (Å²) in [5, 5.41) is 3.04. The van der Waals surface area contributed by atoms with Gasteiger partial charge in [-0.25, -0.2) is 0 Å². The fraction of sp³-hybridized carbons (Fsp3) is 0.286. The van der Waals surface area contributed by atoms with Crippen molar-refractivity contribution in [3.05, 3.63) is 95.1 Å². The van der Waals surface area contributed by atoms with E-state index in [1.807, 2.05) is 42.5 Å². The van der Waals surface area contributed by atoms with Crippen molar-refractivity contribution in [1.82, 2.24) is 4.90 Å². The van der Waals surface area contributed by atoms with E-state index in [1.54, 1.807) is 0 Å². The second kappa shape index (κ2) is 9.09. The summed E-state index contributed by atoms with van der Waals surface area (Å²) < 4.78 is 0. The third kappa shape index (κ3) is 4.37. The van der Waals surface area contributed by atoms with Gasteiger partial charge in [0.1, 0.15) is 5.92 Å². The molecule has 0 aliphatic carbocycles. The smallest absolute Gasteiger partial charge is 0.238 e. The molecule has 0 aromatic heterocycles. The van der Waals surface area contributed by atoms with Crippen molar-refractivity contribution in [1.29, 1.82) is 0 Å². The van der Waals surface area contributed by atoms with E-state index < -0.39 is 5.92 Å². The summed E-state index contributed by atoms with van der Waals surface area (Å²) in [5.74, 6) is -0.435. The standard InChI is InChI=1S/C28H29N3O/c1-20-10-15-25-24(18-20)26(28(32)30-25)27(22-8-4-2-5-9-22)29-23-13-11-21(12-14-23)19-31-16-6-3-7-17-31/h2,4-5,8-15,18,26H,3,6-7,16-17,19H2,1H3,(H,30,32). The number of anilines is 1. The van der Waals surface area contributed by atoms with Crippen LogP contribution in [0.3, 0.4) is 0 Å². The molecule has 1 unspecified atom stereocenters. The highest BCUT2D eigenvalue weighted by Crippen LogP contribution is 2.36. The lowest BCUT2D eigenvalue weighted by molar-refractivity contribution is -0.115. The van der Waals surface area contributed by atoms with E-state index in [-0.39, 0.29) is 5.91 Å². The lowest BCUT2D eigenvalue weighted by Crippen LogP contribution is -2.28. The van der Waals surface area contributed by atoms with E-state index >= 15 is 0 Å². The first kappa shape index (κ1) is 20.7. The van der Waals surface area contributed by atoms with Crippen LogP contribution in [0.25, 0.3) is 0 Å². The van der Waals surface area contributed by atoms with Gasteiger partial charge >= 0.3 is 0 Å². The molecule has 2 aliphatic heterocycles. The average molecular weight is 424 g/mol. The zero-order valence-corrected chi connectivity index (χ0v) is 18.6. The fourth-order valence-corrected chi connectivity index (χ4v) is 4.75. The average Bonchev–Trinajstić information content (AvgIpc) is 3.14. The molecule has 5 rings (SSSR count). The van der Waals surface area contributed by atoms with E-state index in [1.165, 1.54) is 37.9 Å². The third-order valence-electron chi connectivity index (χ3n) is 6.42. The molecule has 1 saturated heterocycles. The minimum absolute atomic E-state index is 0.0186. The molecule has 0 spiro atoms. The van der Waals surface area contributed by atoms with Gasteiger partial charge in [-0.2, -0.15) is 0 Å². The number of aliphatic imine (C=N–C) groups is 1. The summed E-state index contributed by atoms with van der Waals surface area (Å²) in [7, 11) is 0. The van der Waals surface area contributed by atoms with Crippen LogP contribution in [0, 0.1) is 6.92 Å². The molecule has 2 heterocycles. The zero-order valence-electron chi connectivity index (χ0n) is 18.6. The van der Waals surface area contributed by atoms with Crippen molar-refractivity contribution < 1.29 is 4.79 Å². The maximum Gasteiger partial charge on any atom is 0.238 e. The van der Waals surface area contributed by atoms with Gasteiger partial charge in [0.2, 0.25) is 5.91 Å². The van der Waals surface area contributed by atoms with Crippen molar-refractivity contribution in [2.75, 3.05) is 18.4 Å². The number of carbonyl (C=O) groups is 1. The maximum absolute atomic E-state index is 13.0. The predicted molar refractivity (Wildman–Crippen MR) is 131 cm³/mol. The Balaban J connectivity index is 1.48. The Morgan fingerprint density at radius 3 is 2.47 bits per heavy atom. The highest BCUT2D eigenvalue weighted by atomic mass is 16.2. The third-order valence-corrected chi connectivity index (χ3v) is 6.42. The molecule has 2 aliphatic rings. The maximum atomic E-state index is 13.0. The summed E-state index contributed by atoms with van der Waals surface area (Å²) >= 11 is 0. The zero-order chi connectivity index (χ0) is 21.9. The summed E-state index contributed by atoms with van der Waals surface area (Å²) in [6.07, 6.45) is 3.95. The summed E-state index contributed by atoms with van der Waals surface area (Å²) in [4.78, 5) is 20.6. The molecular weight excluding hydrogens is 394 g/mol. The van der Waals surface area contributed by atoms with Crippen LogP contribution in [0.5, 0.6) is 0 Å². The number of hydrogen-bond donors (Lipinski definition) is 1. The quantitative estimate of drug-likeness (QED) is 0.524. The van der Waals surface area contributed by atoms with Crippen LogP contribution in [0.1, 0.15) is 47.4 Å². The van der Waals surface area contributed by atoms with Crippen LogP contribution in [0.4, 0.5) is 11.4 Å². The molecule has 32 heavy (non-hydrogen) atoms. The number of piperidine rings is 1. The number of nitrogens with one attached hydrogen (secondary N) is 1. The molecule has 4 nitrogen and oxygen atoms in total. The molecule has 3 aromatic carbocycles. The molecule has 162 valence electrons. The first-order chi connectivity index (χ1) is 15.7. The lowest BCUT2D eigenvalue weighted by Gasteiger charge is -2.26. The SMILES string of the molecule is Cc1ccc2c(c1)C(C(=Nc1ccc(CN3CCCCC3)cc1)c1ccccc1)C(=O)N2. The lowest BCUT2D eigenvalue weighted by atomic mass is 9.90. The normalized spacial score (nSPS) is 19.0. The van der Waals surface area contributed by atoms with E-state index in [9.17, 15) is 4.79 Å². The molecule has 0 radical (unpaired) electrons. The Bertz CT molecular complexity index is 1130. The van der Waals surface area contributed by atoms with Gasteiger partial charge in [0.25, 0.3) is 0 Å². The van der Waals surface area contributed by atoms with E-state index in [2.05, 4.69) is 47.5 Å². The van der Waals surface area contributed by atoms with Crippen molar-refractivity contribution >= 4 is 23.0 Å². The first-order valence-electron chi connectivity index (χ1n) is 11.5. The fourth-order valence-electron chi connectivity index (χ4n) is 4.75. The highest BCUT2D eigenvalue weighted by molar-refractivity contribution is 6.24. The van der Waals surface area contributed by atoms with E-state index in [0.29, 0.717) is 0 Å². The molecule has 3 aromatic rings. The van der Waals surface area contributed by atoms with Crippen molar-refractivity contribution in [3.8, 4) is 0 Å². The Labute approximate surface area is 190 Å². The van der Waals surface area contributed by atoms with Gasteiger partial charge in [0.05, 0.1) is 11.4 Å². The van der Waals surface area contributed by atoms with Crippen LogP contribution < -0.4 is 5.32 Å². The van der Waals surface area contributed by atoms with E-state index in [4.69, 9.17) is 4.99 Å². The number of aryl methyl sites for hydroxylation is 1. The molecule has 0 bridgehead atoms. The monoisotopic (exact) mass is 423 g/mol. The topological polar surface area (TPSA) is 44.7 Å². The second-order valence-electron chi connectivity index (χ2n) is 8.88. The van der Waals surface area contributed by atoms with Crippen molar-refractivity contribution in [3.63, 3.8) is 0 Å². The van der Waals surface area contributed by atoms with Gasteiger partial charge in [-0.05, 0) is 67.7 Å². The van der Waals surface area contributed by atoms with Crippen LogP contribution >= 0.6 is 0 Å². The number of fused-ring (bicyclic) bond motifs is 1. The van der Waals surface area contributed by atoms with Crippen LogP contribution in [-0.2, 0) is 11.3 Å². The number of benzene rings is 3. The largest absolute Gasteiger partial charge is 0.325 e. The highest BCUT2D eigenvalue weighted by Gasteiger charge is 2.35. The summed E-state index contributed by atoms with van der Waals surface area (Å²) in [6.45, 7) is 5.43. The second-order valence-corrected chi connectivity index (χ2v) is 8.88. The number of likely N-dealkylation sites (tertiary alicyclic amines) is 1. The van der Waals surface area contributed by atoms with Crippen LogP contribution in [0.15, 0.2) is 77.8 Å². The molecule has 1 N–H and O–H groups in total. The molecule has 4 heteroatoms. The minimum Gasteiger partial charge on any atom is -0.325 e. The van der Waals surface area contributed by atoms with Crippen LogP contribution in [0.2, 0.25) is 0 Å². The Morgan fingerprint density at radius 1 is 0.969 bits per heavy atom. The van der Waals surface area contributed by atoms with Crippen LogP contribution in [-0.4, -0.2) is 29.6 Å². The minimum atomic E-state index is -0.416. The van der Waals surface area contributed by atoms with Gasteiger partial charge in [0.15, 0.2) is 0 Å². The van der Waals surface area contributed by atoms with Crippen molar-refractivity contribution in [2.45, 2.75) is 38.6 Å².